The molecular weight excluding hydrogens is 543 g/mol. The van der Waals surface area contributed by atoms with Crippen LogP contribution >= 0.6 is 0 Å². The largest absolute Gasteiger partial charge is 0.496 e. The number of carbonyl (C=O) groups is 2. The van der Waals surface area contributed by atoms with Crippen LogP contribution in [-0.4, -0.2) is 62.2 Å². The first-order valence-electron chi connectivity index (χ1n) is 14.4. The number of likely N-dealkylation sites (tertiary alicyclic amines) is 1. The predicted molar refractivity (Wildman–Crippen MR) is 155 cm³/mol. The van der Waals surface area contributed by atoms with Crippen molar-refractivity contribution in [2.24, 2.45) is 0 Å². The van der Waals surface area contributed by atoms with E-state index in [1.165, 1.54) is 0 Å². The van der Waals surface area contributed by atoms with E-state index in [0.717, 1.165) is 61.2 Å². The molecule has 1 saturated heterocycles. The topological polar surface area (TPSA) is 70.7 Å². The number of benzene rings is 3. The zero-order valence-corrected chi connectivity index (χ0v) is 23.7. The molecule has 0 aromatic heterocycles. The maximum absolute atomic E-state index is 13.6. The minimum atomic E-state index is -4.49. The van der Waals surface area contributed by atoms with E-state index in [0.29, 0.717) is 24.2 Å². The van der Waals surface area contributed by atoms with E-state index in [-0.39, 0.29) is 11.9 Å². The number of hydrogen-bond donors (Lipinski definition) is 2. The van der Waals surface area contributed by atoms with E-state index in [9.17, 15) is 22.8 Å². The Bertz CT molecular complexity index is 1370. The summed E-state index contributed by atoms with van der Waals surface area (Å²) < 4.78 is 44.6. The SMILES string of the molecule is COc1ccccc1C(=O)NC1CCN(CCCCC2(C(=O)NCC(F)(F)F)c3ccccc3-c3ccccc32)CC1. The average Bonchev–Trinajstić information content (AvgIpc) is 3.29. The average molecular weight is 580 g/mol. The van der Waals surface area contributed by atoms with Gasteiger partial charge in [-0.15, -0.1) is 0 Å². The van der Waals surface area contributed by atoms with Gasteiger partial charge in [0.15, 0.2) is 0 Å². The van der Waals surface area contributed by atoms with E-state index in [1.54, 1.807) is 19.2 Å². The molecule has 6 nitrogen and oxygen atoms in total. The van der Waals surface area contributed by atoms with Gasteiger partial charge in [0.2, 0.25) is 5.91 Å². The number of fused-ring (bicyclic) bond motifs is 3. The number of halogens is 3. The van der Waals surface area contributed by atoms with Gasteiger partial charge in [0, 0.05) is 19.1 Å². The Morgan fingerprint density at radius 2 is 1.50 bits per heavy atom. The molecule has 0 saturated carbocycles. The first-order chi connectivity index (χ1) is 20.2. The van der Waals surface area contributed by atoms with Crippen molar-refractivity contribution in [2.45, 2.75) is 49.7 Å². The molecule has 0 bridgehead atoms. The summed E-state index contributed by atoms with van der Waals surface area (Å²) in [4.78, 5) is 28.8. The van der Waals surface area contributed by atoms with Crippen molar-refractivity contribution in [3.05, 3.63) is 89.5 Å². The number of methoxy groups -OCH3 is 1. The number of nitrogens with one attached hydrogen (secondary N) is 2. The van der Waals surface area contributed by atoms with Crippen molar-refractivity contribution in [3.63, 3.8) is 0 Å². The van der Waals surface area contributed by atoms with Crippen LogP contribution in [0.1, 0.15) is 53.6 Å². The van der Waals surface area contributed by atoms with Gasteiger partial charge < -0.3 is 20.3 Å². The zero-order valence-electron chi connectivity index (χ0n) is 23.7. The maximum atomic E-state index is 13.6. The highest BCUT2D eigenvalue weighted by atomic mass is 19.4. The summed E-state index contributed by atoms with van der Waals surface area (Å²) in [6, 6.07) is 22.3. The molecule has 3 aromatic rings. The van der Waals surface area contributed by atoms with Crippen LogP contribution in [0.5, 0.6) is 5.75 Å². The fourth-order valence-electron chi connectivity index (χ4n) is 6.41. The second kappa shape index (κ2) is 12.6. The molecule has 5 rings (SSSR count). The molecule has 3 aromatic carbocycles. The lowest BCUT2D eigenvalue weighted by atomic mass is 9.73. The van der Waals surface area contributed by atoms with Crippen molar-refractivity contribution in [1.82, 2.24) is 15.5 Å². The molecule has 0 radical (unpaired) electrons. The number of piperidine rings is 1. The summed E-state index contributed by atoms with van der Waals surface area (Å²) in [7, 11) is 1.55. The third kappa shape index (κ3) is 6.16. The van der Waals surface area contributed by atoms with Gasteiger partial charge in [-0.25, -0.2) is 0 Å². The Balaban J connectivity index is 1.20. The number of unbranched alkanes of at least 4 members (excludes halogenated alkanes) is 1. The van der Waals surface area contributed by atoms with Gasteiger partial charge in [-0.05, 0) is 66.6 Å². The molecule has 42 heavy (non-hydrogen) atoms. The first-order valence-corrected chi connectivity index (χ1v) is 14.4. The van der Waals surface area contributed by atoms with Gasteiger partial charge in [0.05, 0.1) is 12.7 Å². The van der Waals surface area contributed by atoms with Crippen LogP contribution in [0, 0.1) is 0 Å². The van der Waals surface area contributed by atoms with Crippen LogP contribution in [0.15, 0.2) is 72.8 Å². The number of para-hydroxylation sites is 1. The molecule has 1 fully saturated rings. The molecule has 0 spiro atoms. The molecule has 0 atom stereocenters. The Labute approximate surface area is 244 Å². The standard InChI is InChI=1S/C33H36F3N3O3/c1-42-29-15-7-4-12-26(29)30(40)38-23-16-20-39(21-17-23)19-9-8-18-32(31(41)37-22-33(34,35)36)27-13-5-2-10-24(27)25-11-3-6-14-28(25)32/h2-7,10-15,23H,8-9,16-22H2,1H3,(H,37,41)(H,38,40). The Morgan fingerprint density at radius 1 is 0.905 bits per heavy atom. The van der Waals surface area contributed by atoms with E-state index >= 15 is 0 Å². The van der Waals surface area contributed by atoms with Gasteiger partial charge in [0.1, 0.15) is 17.7 Å². The number of hydrogen-bond acceptors (Lipinski definition) is 4. The summed E-state index contributed by atoms with van der Waals surface area (Å²) in [6.07, 6.45) is -0.955. The molecular formula is C33H36F3N3O3. The molecule has 222 valence electrons. The normalized spacial score (nSPS) is 16.4. The Kier molecular flexibility index (Phi) is 8.87. The lowest BCUT2D eigenvalue weighted by Crippen LogP contribution is -2.47. The smallest absolute Gasteiger partial charge is 0.405 e. The zero-order chi connectivity index (χ0) is 29.7. The fraction of sp³-hybridized carbons (Fsp3) is 0.394. The molecule has 0 unspecified atom stereocenters. The van der Waals surface area contributed by atoms with Gasteiger partial charge in [-0.1, -0.05) is 67.1 Å². The van der Waals surface area contributed by atoms with Crippen LogP contribution in [0.25, 0.3) is 11.1 Å². The molecule has 1 aliphatic heterocycles. The molecule has 1 aliphatic carbocycles. The molecule has 1 heterocycles. The van der Waals surface area contributed by atoms with Gasteiger partial charge >= 0.3 is 6.18 Å². The van der Waals surface area contributed by atoms with Crippen molar-refractivity contribution in [2.75, 3.05) is 33.3 Å². The quantitative estimate of drug-likeness (QED) is 0.302. The number of alkyl halides is 3. The Hall–Kier alpha value is -3.85. The second-order valence-corrected chi connectivity index (χ2v) is 11.0. The van der Waals surface area contributed by atoms with Crippen LogP contribution in [-0.2, 0) is 10.2 Å². The van der Waals surface area contributed by atoms with Gasteiger partial charge in [-0.3, -0.25) is 9.59 Å². The van der Waals surface area contributed by atoms with Crippen LogP contribution in [0.3, 0.4) is 0 Å². The fourth-order valence-corrected chi connectivity index (χ4v) is 6.41. The minimum absolute atomic E-state index is 0.0748. The van der Waals surface area contributed by atoms with Crippen LogP contribution in [0.4, 0.5) is 13.2 Å². The van der Waals surface area contributed by atoms with Crippen molar-refractivity contribution < 1.29 is 27.5 Å². The maximum Gasteiger partial charge on any atom is 0.405 e. The summed E-state index contributed by atoms with van der Waals surface area (Å²) in [5.41, 5.74) is 2.66. The van der Waals surface area contributed by atoms with E-state index in [1.807, 2.05) is 60.7 Å². The monoisotopic (exact) mass is 579 g/mol. The predicted octanol–water partition coefficient (Wildman–Crippen LogP) is 5.70. The molecule has 2 aliphatic rings. The third-order valence-corrected chi connectivity index (χ3v) is 8.45. The number of carbonyl (C=O) groups excluding carboxylic acids is 2. The van der Waals surface area contributed by atoms with Gasteiger partial charge in [0.25, 0.3) is 5.91 Å². The highest BCUT2D eigenvalue weighted by molar-refractivity contribution is 6.00. The van der Waals surface area contributed by atoms with E-state index in [2.05, 4.69) is 15.5 Å². The lowest BCUT2D eigenvalue weighted by Gasteiger charge is -2.33. The molecule has 9 heteroatoms. The summed E-state index contributed by atoms with van der Waals surface area (Å²) in [5.74, 6) is -0.203. The van der Waals surface area contributed by atoms with Crippen molar-refractivity contribution >= 4 is 11.8 Å². The first kappa shape index (κ1) is 29.6. The van der Waals surface area contributed by atoms with Crippen molar-refractivity contribution in [3.8, 4) is 16.9 Å². The van der Waals surface area contributed by atoms with Crippen LogP contribution < -0.4 is 15.4 Å². The Morgan fingerprint density at radius 3 is 2.12 bits per heavy atom. The third-order valence-electron chi connectivity index (χ3n) is 8.45. The molecule has 2 amide bonds. The van der Waals surface area contributed by atoms with Gasteiger partial charge in [-0.2, -0.15) is 13.2 Å². The van der Waals surface area contributed by atoms with Crippen LogP contribution in [0.2, 0.25) is 0 Å². The number of ether oxygens (including phenoxy) is 1. The summed E-state index contributed by atoms with van der Waals surface area (Å²) >= 11 is 0. The minimum Gasteiger partial charge on any atom is -0.496 e. The highest BCUT2D eigenvalue weighted by Crippen LogP contribution is 2.51. The van der Waals surface area contributed by atoms with Crippen molar-refractivity contribution in [1.29, 1.82) is 0 Å². The number of nitrogens with zero attached hydrogens (tertiary/aromatic N) is 1. The number of amides is 2. The summed E-state index contributed by atoms with van der Waals surface area (Å²) in [5, 5.41) is 5.32. The molecule has 2 N–H and O–H groups in total. The number of rotatable bonds is 10. The lowest BCUT2D eigenvalue weighted by molar-refractivity contribution is -0.141. The second-order valence-electron chi connectivity index (χ2n) is 11.0. The van der Waals surface area contributed by atoms with E-state index in [4.69, 9.17) is 4.74 Å². The highest BCUT2D eigenvalue weighted by Gasteiger charge is 2.49. The summed E-state index contributed by atoms with van der Waals surface area (Å²) in [6.45, 7) is 1.12. The van der Waals surface area contributed by atoms with E-state index < -0.39 is 24.0 Å².